The van der Waals surface area contributed by atoms with Gasteiger partial charge in [0, 0.05) is 17.8 Å². The van der Waals surface area contributed by atoms with Gasteiger partial charge in [0.2, 0.25) is 10.0 Å². The monoisotopic (exact) mass is 388 g/mol. The van der Waals surface area contributed by atoms with Crippen molar-refractivity contribution in [1.82, 2.24) is 20.6 Å². The number of aromatic nitrogens is 1. The van der Waals surface area contributed by atoms with E-state index in [1.807, 2.05) is 0 Å². The minimum atomic E-state index is -3.70. The fourth-order valence-corrected chi connectivity index (χ4v) is 4.23. The van der Waals surface area contributed by atoms with Crippen LogP contribution in [0.25, 0.3) is 0 Å². The van der Waals surface area contributed by atoms with Gasteiger partial charge in [-0.2, -0.15) is 0 Å². The molecular weight excluding hydrogens is 368 g/mol. The Morgan fingerprint density at radius 1 is 0.963 bits per heavy atom. The third-order valence-corrected chi connectivity index (χ3v) is 5.79. The molecule has 0 atom stereocenters. The number of pyridine rings is 1. The maximum absolute atomic E-state index is 12.5. The highest BCUT2D eigenvalue weighted by Gasteiger charge is 2.23. The van der Waals surface area contributed by atoms with Crippen LogP contribution in [0.5, 0.6) is 0 Å². The molecule has 142 valence electrons. The van der Waals surface area contributed by atoms with E-state index < -0.39 is 21.8 Å². The van der Waals surface area contributed by atoms with Crippen LogP contribution in [0.15, 0.2) is 53.6 Å². The fourth-order valence-electron chi connectivity index (χ4n) is 2.88. The largest absolute Gasteiger partial charge is 0.288 e. The van der Waals surface area contributed by atoms with Crippen molar-refractivity contribution in [3.05, 3.63) is 59.9 Å². The van der Waals surface area contributed by atoms with Crippen molar-refractivity contribution in [3.8, 4) is 0 Å². The molecule has 2 amide bonds. The van der Waals surface area contributed by atoms with Gasteiger partial charge >= 0.3 is 0 Å². The second kappa shape index (κ2) is 8.28. The van der Waals surface area contributed by atoms with Gasteiger partial charge in [-0.1, -0.05) is 25.0 Å². The van der Waals surface area contributed by atoms with Crippen LogP contribution in [-0.4, -0.2) is 31.3 Å². The van der Waals surface area contributed by atoms with E-state index in [1.54, 1.807) is 12.1 Å². The zero-order valence-corrected chi connectivity index (χ0v) is 15.3. The Hall–Kier alpha value is -2.78. The van der Waals surface area contributed by atoms with Crippen LogP contribution in [0, 0.1) is 0 Å². The summed E-state index contributed by atoms with van der Waals surface area (Å²) in [6, 6.07) is 10.4. The maximum atomic E-state index is 12.5. The van der Waals surface area contributed by atoms with E-state index in [2.05, 4.69) is 20.6 Å². The number of hydrazine groups is 1. The second-order valence-electron chi connectivity index (χ2n) is 6.25. The number of nitrogens with one attached hydrogen (secondary N) is 3. The molecule has 8 nitrogen and oxygen atoms in total. The highest BCUT2D eigenvalue weighted by Crippen LogP contribution is 2.20. The predicted octanol–water partition coefficient (Wildman–Crippen LogP) is 1.38. The Kier molecular flexibility index (Phi) is 5.82. The molecule has 0 radical (unpaired) electrons. The van der Waals surface area contributed by atoms with E-state index >= 15 is 0 Å². The number of amides is 2. The van der Waals surface area contributed by atoms with Crippen LogP contribution >= 0.6 is 0 Å². The first-order valence-electron chi connectivity index (χ1n) is 8.60. The summed E-state index contributed by atoms with van der Waals surface area (Å²) >= 11 is 0. The summed E-state index contributed by atoms with van der Waals surface area (Å²) in [4.78, 5) is 28.0. The van der Waals surface area contributed by atoms with Gasteiger partial charge < -0.3 is 0 Å². The normalized spacial score (nSPS) is 14.7. The molecule has 1 fully saturated rings. The third kappa shape index (κ3) is 4.89. The van der Waals surface area contributed by atoms with Gasteiger partial charge in [0.15, 0.2) is 0 Å². The summed E-state index contributed by atoms with van der Waals surface area (Å²) in [5, 5.41) is 0. The molecule has 1 saturated carbocycles. The molecule has 3 rings (SSSR count). The lowest BCUT2D eigenvalue weighted by Gasteiger charge is -2.13. The molecule has 0 spiro atoms. The molecule has 0 unspecified atom stereocenters. The third-order valence-electron chi connectivity index (χ3n) is 4.27. The molecule has 2 aromatic rings. The topological polar surface area (TPSA) is 117 Å². The molecule has 1 heterocycles. The molecule has 1 aromatic carbocycles. The van der Waals surface area contributed by atoms with Crippen molar-refractivity contribution in [2.24, 2.45) is 0 Å². The summed E-state index contributed by atoms with van der Waals surface area (Å²) in [7, 11) is -3.70. The minimum absolute atomic E-state index is 0.0121. The predicted molar refractivity (Wildman–Crippen MR) is 98.2 cm³/mol. The van der Waals surface area contributed by atoms with Crippen molar-refractivity contribution >= 4 is 21.8 Å². The van der Waals surface area contributed by atoms with Crippen molar-refractivity contribution in [1.29, 1.82) is 0 Å². The van der Waals surface area contributed by atoms with E-state index in [0.29, 0.717) is 0 Å². The molecule has 9 heteroatoms. The van der Waals surface area contributed by atoms with E-state index in [0.717, 1.165) is 25.7 Å². The first kappa shape index (κ1) is 19.0. The maximum Gasteiger partial charge on any atom is 0.288 e. The van der Waals surface area contributed by atoms with Crippen molar-refractivity contribution in [2.75, 3.05) is 0 Å². The zero-order valence-electron chi connectivity index (χ0n) is 14.5. The van der Waals surface area contributed by atoms with Crippen LogP contribution in [0.4, 0.5) is 0 Å². The molecule has 0 saturated heterocycles. The Bertz CT molecular complexity index is 925. The van der Waals surface area contributed by atoms with Crippen LogP contribution < -0.4 is 15.6 Å². The zero-order chi connectivity index (χ0) is 19.3. The van der Waals surface area contributed by atoms with E-state index in [9.17, 15) is 18.0 Å². The number of hydrogen-bond donors (Lipinski definition) is 3. The number of sulfonamides is 1. The highest BCUT2D eigenvalue weighted by atomic mass is 32.2. The number of carbonyl (C=O) groups is 2. The molecule has 0 bridgehead atoms. The molecule has 0 aliphatic heterocycles. The summed E-state index contributed by atoms with van der Waals surface area (Å²) in [6.45, 7) is 0. The SMILES string of the molecule is O=C(NNC(=O)c1ccccn1)c1cccc(S(=O)(=O)NC2CCCC2)c1. The lowest BCUT2D eigenvalue weighted by Crippen LogP contribution is -2.42. The molecular formula is C18H20N4O4S. The van der Waals surface area contributed by atoms with Gasteiger partial charge in [-0.05, 0) is 43.2 Å². The highest BCUT2D eigenvalue weighted by molar-refractivity contribution is 7.89. The standard InChI is InChI=1S/C18H20N4O4S/c23-17(20-21-18(24)16-10-3-4-11-19-16)13-6-5-9-15(12-13)27(25,26)22-14-7-1-2-8-14/h3-6,9-12,14,22H,1-2,7-8H2,(H,20,23)(H,21,24). The summed E-state index contributed by atoms with van der Waals surface area (Å²) in [5.74, 6) is -1.20. The van der Waals surface area contributed by atoms with Gasteiger partial charge in [0.05, 0.1) is 4.90 Å². The molecule has 1 aliphatic carbocycles. The summed E-state index contributed by atoms with van der Waals surface area (Å²) in [5.41, 5.74) is 4.77. The van der Waals surface area contributed by atoms with Crippen molar-refractivity contribution < 1.29 is 18.0 Å². The van der Waals surface area contributed by atoms with Gasteiger partial charge in [0.1, 0.15) is 5.69 Å². The first-order valence-corrected chi connectivity index (χ1v) is 10.1. The van der Waals surface area contributed by atoms with Crippen molar-refractivity contribution in [2.45, 2.75) is 36.6 Å². The molecule has 3 N–H and O–H groups in total. The number of rotatable bonds is 5. The van der Waals surface area contributed by atoms with Gasteiger partial charge in [0.25, 0.3) is 11.8 Å². The minimum Gasteiger partial charge on any atom is -0.267 e. The quantitative estimate of drug-likeness (QED) is 0.669. The number of benzene rings is 1. The van der Waals surface area contributed by atoms with E-state index in [-0.39, 0.29) is 22.2 Å². The summed E-state index contributed by atoms with van der Waals surface area (Å²) in [6.07, 6.45) is 5.11. The van der Waals surface area contributed by atoms with Gasteiger partial charge in [-0.15, -0.1) is 0 Å². The first-order chi connectivity index (χ1) is 13.0. The van der Waals surface area contributed by atoms with E-state index in [1.165, 1.54) is 36.5 Å². The second-order valence-corrected chi connectivity index (χ2v) is 7.97. The Morgan fingerprint density at radius 2 is 1.70 bits per heavy atom. The fraction of sp³-hybridized carbons (Fsp3) is 0.278. The average Bonchev–Trinajstić information content (AvgIpc) is 3.19. The smallest absolute Gasteiger partial charge is 0.267 e. The lowest BCUT2D eigenvalue weighted by atomic mass is 10.2. The molecule has 27 heavy (non-hydrogen) atoms. The van der Waals surface area contributed by atoms with Crippen LogP contribution in [0.1, 0.15) is 46.5 Å². The number of hydrogen-bond acceptors (Lipinski definition) is 5. The number of nitrogens with zero attached hydrogens (tertiary/aromatic N) is 1. The van der Waals surface area contributed by atoms with Gasteiger partial charge in [-0.25, -0.2) is 13.1 Å². The van der Waals surface area contributed by atoms with Crippen LogP contribution in [0.2, 0.25) is 0 Å². The van der Waals surface area contributed by atoms with Crippen LogP contribution in [-0.2, 0) is 10.0 Å². The average molecular weight is 388 g/mol. The van der Waals surface area contributed by atoms with Crippen molar-refractivity contribution in [3.63, 3.8) is 0 Å². The summed E-state index contributed by atoms with van der Waals surface area (Å²) < 4.78 is 27.7. The molecule has 1 aliphatic rings. The number of carbonyl (C=O) groups excluding carboxylic acids is 2. The van der Waals surface area contributed by atoms with Crippen LogP contribution in [0.3, 0.4) is 0 Å². The molecule has 1 aromatic heterocycles. The Labute approximate surface area is 157 Å². The lowest BCUT2D eigenvalue weighted by molar-refractivity contribution is 0.0844. The Morgan fingerprint density at radius 3 is 2.41 bits per heavy atom. The van der Waals surface area contributed by atoms with E-state index in [4.69, 9.17) is 0 Å². The van der Waals surface area contributed by atoms with Gasteiger partial charge in [-0.3, -0.25) is 25.4 Å². The Balaban J connectivity index is 1.65.